The fourth-order valence-electron chi connectivity index (χ4n) is 2.15. The molecule has 0 bridgehead atoms. The number of para-hydroxylation sites is 1. The lowest BCUT2D eigenvalue weighted by atomic mass is 10.1. The summed E-state index contributed by atoms with van der Waals surface area (Å²) in [6.07, 6.45) is -4.53. The second kappa shape index (κ2) is 7.75. The molecule has 0 saturated carbocycles. The number of hydrogen-bond donors (Lipinski definition) is 1. The summed E-state index contributed by atoms with van der Waals surface area (Å²) in [7, 11) is -2.46. The van der Waals surface area contributed by atoms with E-state index in [9.17, 15) is 21.6 Å². The molecule has 25 heavy (non-hydrogen) atoms. The highest BCUT2D eigenvalue weighted by atomic mass is 32.2. The molecule has 0 radical (unpaired) electrons. The summed E-state index contributed by atoms with van der Waals surface area (Å²) in [6, 6.07) is 11.3. The van der Waals surface area contributed by atoms with Crippen molar-refractivity contribution < 1.29 is 31.1 Å². The van der Waals surface area contributed by atoms with Crippen molar-refractivity contribution in [2.75, 3.05) is 13.7 Å². The average Bonchev–Trinajstić information content (AvgIpc) is 2.54. The van der Waals surface area contributed by atoms with E-state index < -0.39 is 22.1 Å². The van der Waals surface area contributed by atoms with Crippen molar-refractivity contribution in [1.82, 2.24) is 4.72 Å². The van der Waals surface area contributed by atoms with Crippen molar-refractivity contribution in [3.05, 3.63) is 54.1 Å². The molecule has 2 rings (SSSR count). The summed E-state index contributed by atoms with van der Waals surface area (Å²) in [4.78, 5) is -0.311. The van der Waals surface area contributed by atoms with E-state index in [2.05, 4.69) is 9.46 Å². The van der Waals surface area contributed by atoms with Gasteiger partial charge in [0.1, 0.15) is 11.5 Å². The quantitative estimate of drug-likeness (QED) is 0.808. The number of hydrogen-bond acceptors (Lipinski definition) is 4. The third kappa shape index (κ3) is 5.64. The molecule has 0 saturated heterocycles. The van der Waals surface area contributed by atoms with E-state index >= 15 is 0 Å². The van der Waals surface area contributed by atoms with Gasteiger partial charge in [-0.3, -0.25) is 0 Å². The van der Waals surface area contributed by atoms with E-state index in [-0.39, 0.29) is 11.4 Å². The van der Waals surface area contributed by atoms with Crippen LogP contribution in [0.15, 0.2) is 53.4 Å². The van der Waals surface area contributed by atoms with Gasteiger partial charge in [0, 0.05) is 12.6 Å². The van der Waals surface area contributed by atoms with Crippen molar-refractivity contribution in [2.45, 2.75) is 17.7 Å². The Balaban J connectivity index is 2.05. The number of rotatable bonds is 7. The molecule has 5 nitrogen and oxygen atoms in total. The Bertz CT molecular complexity index is 822. The van der Waals surface area contributed by atoms with Crippen LogP contribution in [0.5, 0.6) is 11.5 Å². The number of sulfonamides is 1. The van der Waals surface area contributed by atoms with Crippen LogP contribution in [0.3, 0.4) is 0 Å². The predicted octanol–water partition coefficient (Wildman–Crippen LogP) is 3.11. The molecule has 2 aromatic rings. The number of nitrogens with one attached hydrogen (secondary N) is 1. The minimum Gasteiger partial charge on any atom is -0.496 e. The summed E-state index contributed by atoms with van der Waals surface area (Å²) in [6.45, 7) is 0.0626. The van der Waals surface area contributed by atoms with Gasteiger partial charge < -0.3 is 9.47 Å². The lowest BCUT2D eigenvalue weighted by Gasteiger charge is -2.12. The first-order valence-electron chi connectivity index (χ1n) is 7.18. The zero-order valence-corrected chi connectivity index (χ0v) is 14.0. The van der Waals surface area contributed by atoms with Crippen molar-refractivity contribution in [1.29, 1.82) is 0 Å². The second-order valence-electron chi connectivity index (χ2n) is 4.98. The predicted molar refractivity (Wildman–Crippen MR) is 85.0 cm³/mol. The summed E-state index contributed by atoms with van der Waals surface area (Å²) in [5, 5.41) is 0. The molecule has 0 spiro atoms. The van der Waals surface area contributed by atoms with Crippen molar-refractivity contribution in [2.24, 2.45) is 0 Å². The summed E-state index contributed by atoms with van der Waals surface area (Å²) >= 11 is 0. The SMILES string of the molecule is COc1ccccc1CCNS(=O)(=O)c1cccc(OC(F)(F)F)c1. The molecule has 0 amide bonds. The first-order valence-corrected chi connectivity index (χ1v) is 8.67. The minimum atomic E-state index is -4.89. The Morgan fingerprint density at radius 3 is 2.48 bits per heavy atom. The van der Waals surface area contributed by atoms with E-state index in [1.54, 1.807) is 24.3 Å². The van der Waals surface area contributed by atoms with Crippen LogP contribution in [0.25, 0.3) is 0 Å². The monoisotopic (exact) mass is 375 g/mol. The van der Waals surface area contributed by atoms with Crippen LogP contribution in [0.4, 0.5) is 13.2 Å². The van der Waals surface area contributed by atoms with Gasteiger partial charge in [-0.2, -0.15) is 0 Å². The Kier molecular flexibility index (Phi) is 5.91. The smallest absolute Gasteiger partial charge is 0.496 e. The van der Waals surface area contributed by atoms with E-state index in [1.807, 2.05) is 0 Å². The van der Waals surface area contributed by atoms with Crippen molar-refractivity contribution in [3.63, 3.8) is 0 Å². The van der Waals surface area contributed by atoms with Crippen LogP contribution in [-0.4, -0.2) is 28.4 Å². The Morgan fingerprint density at radius 2 is 1.80 bits per heavy atom. The summed E-state index contributed by atoms with van der Waals surface area (Å²) in [5.41, 5.74) is 0.807. The molecule has 2 aromatic carbocycles. The van der Waals surface area contributed by atoms with Gasteiger partial charge in [-0.05, 0) is 30.2 Å². The minimum absolute atomic E-state index is 0.0626. The molecule has 9 heteroatoms. The maximum Gasteiger partial charge on any atom is 0.573 e. The molecule has 0 fully saturated rings. The van der Waals surface area contributed by atoms with Crippen LogP contribution in [0.2, 0.25) is 0 Å². The molecular weight excluding hydrogens is 359 g/mol. The maximum absolute atomic E-state index is 12.2. The molecule has 0 aliphatic rings. The molecule has 0 atom stereocenters. The highest BCUT2D eigenvalue weighted by molar-refractivity contribution is 7.89. The van der Waals surface area contributed by atoms with Gasteiger partial charge in [0.2, 0.25) is 10.0 Å². The number of alkyl halides is 3. The topological polar surface area (TPSA) is 64.6 Å². The molecule has 0 aromatic heterocycles. The van der Waals surface area contributed by atoms with Gasteiger partial charge >= 0.3 is 6.36 Å². The highest BCUT2D eigenvalue weighted by Gasteiger charge is 2.31. The Morgan fingerprint density at radius 1 is 1.08 bits per heavy atom. The van der Waals surface area contributed by atoms with Crippen molar-refractivity contribution in [3.8, 4) is 11.5 Å². The van der Waals surface area contributed by atoms with Crippen LogP contribution >= 0.6 is 0 Å². The second-order valence-corrected chi connectivity index (χ2v) is 6.75. The van der Waals surface area contributed by atoms with Gasteiger partial charge in [-0.1, -0.05) is 24.3 Å². The van der Waals surface area contributed by atoms with Gasteiger partial charge in [-0.15, -0.1) is 13.2 Å². The van der Waals surface area contributed by atoms with Gasteiger partial charge in [-0.25, -0.2) is 13.1 Å². The maximum atomic E-state index is 12.2. The number of halogens is 3. The van der Waals surface area contributed by atoms with Crippen molar-refractivity contribution >= 4 is 10.0 Å². The van der Waals surface area contributed by atoms with Crippen LogP contribution < -0.4 is 14.2 Å². The first-order chi connectivity index (χ1) is 11.7. The molecule has 136 valence electrons. The summed E-state index contributed by atoms with van der Waals surface area (Å²) in [5.74, 6) is 0.0300. The Labute approximate surface area is 143 Å². The number of benzene rings is 2. The zero-order valence-electron chi connectivity index (χ0n) is 13.2. The Hall–Kier alpha value is -2.26. The lowest BCUT2D eigenvalue weighted by molar-refractivity contribution is -0.274. The molecule has 0 aliphatic carbocycles. The standard InChI is InChI=1S/C16H16F3NO4S/c1-23-15-8-3-2-5-12(15)9-10-20-25(21,22)14-7-4-6-13(11-14)24-16(17,18)19/h2-8,11,20H,9-10H2,1H3. The molecule has 0 unspecified atom stereocenters. The van der Waals surface area contributed by atoms with Crippen LogP contribution in [-0.2, 0) is 16.4 Å². The normalized spacial score (nSPS) is 12.0. The van der Waals surface area contributed by atoms with E-state index in [4.69, 9.17) is 4.74 Å². The van der Waals surface area contributed by atoms with Gasteiger partial charge in [0.05, 0.1) is 12.0 Å². The summed E-state index contributed by atoms with van der Waals surface area (Å²) < 4.78 is 72.4. The van der Waals surface area contributed by atoms with E-state index in [0.717, 1.165) is 17.7 Å². The fourth-order valence-corrected chi connectivity index (χ4v) is 3.22. The third-order valence-corrected chi connectivity index (χ3v) is 4.69. The molecule has 0 aliphatic heterocycles. The zero-order chi connectivity index (χ0) is 18.5. The van der Waals surface area contributed by atoms with E-state index in [0.29, 0.717) is 12.2 Å². The van der Waals surface area contributed by atoms with Gasteiger partial charge in [0.25, 0.3) is 0 Å². The van der Waals surface area contributed by atoms with Crippen LogP contribution in [0, 0.1) is 0 Å². The number of methoxy groups -OCH3 is 1. The highest BCUT2D eigenvalue weighted by Crippen LogP contribution is 2.25. The first kappa shape index (κ1) is 19.1. The molecular formula is C16H16F3NO4S. The fraction of sp³-hybridized carbons (Fsp3) is 0.250. The van der Waals surface area contributed by atoms with E-state index in [1.165, 1.54) is 19.2 Å². The van der Waals surface area contributed by atoms with Crippen LogP contribution in [0.1, 0.15) is 5.56 Å². The average molecular weight is 375 g/mol. The molecule has 0 heterocycles. The lowest BCUT2D eigenvalue weighted by Crippen LogP contribution is -2.26. The van der Waals surface area contributed by atoms with Gasteiger partial charge in [0.15, 0.2) is 0 Å². The third-order valence-electron chi connectivity index (χ3n) is 3.23. The number of ether oxygens (including phenoxy) is 2. The largest absolute Gasteiger partial charge is 0.573 e. The molecule has 1 N–H and O–H groups in total.